The Balaban J connectivity index is 1.71. The van der Waals surface area contributed by atoms with Crippen LogP contribution in [0.4, 0.5) is 5.69 Å². The number of para-hydroxylation sites is 1. The number of hydrogen-bond acceptors (Lipinski definition) is 3. The average Bonchev–Trinajstić information content (AvgIpc) is 2.95. The highest BCUT2D eigenvalue weighted by Gasteiger charge is 2.26. The smallest absolute Gasteiger partial charge is 0.227 e. The molecule has 3 rings (SSSR count). The second-order valence-electron chi connectivity index (χ2n) is 4.96. The number of aromatic nitrogens is 2. The number of carbonyl (C=O) groups is 1. The molecule has 0 spiro atoms. The van der Waals surface area contributed by atoms with Crippen molar-refractivity contribution in [3.05, 3.63) is 42.0 Å². The van der Waals surface area contributed by atoms with Gasteiger partial charge < -0.3 is 10.3 Å². The van der Waals surface area contributed by atoms with E-state index >= 15 is 0 Å². The van der Waals surface area contributed by atoms with Gasteiger partial charge in [-0.3, -0.25) is 4.79 Å². The van der Waals surface area contributed by atoms with E-state index < -0.39 is 0 Å². The Morgan fingerprint density at radius 2 is 2.30 bits per heavy atom. The summed E-state index contributed by atoms with van der Waals surface area (Å²) in [4.78, 5) is 20.9. The van der Waals surface area contributed by atoms with Crippen molar-refractivity contribution in [2.45, 2.75) is 24.2 Å². The minimum atomic E-state index is 0.0258. The second kappa shape index (κ2) is 5.71. The Bertz CT molecular complexity index is 623. The highest BCUT2D eigenvalue weighted by molar-refractivity contribution is 7.98. The van der Waals surface area contributed by atoms with Crippen LogP contribution in [-0.4, -0.2) is 22.1 Å². The minimum absolute atomic E-state index is 0.0258. The van der Waals surface area contributed by atoms with Crippen molar-refractivity contribution in [1.82, 2.24) is 9.97 Å². The second-order valence-corrected chi connectivity index (χ2v) is 5.81. The molecule has 1 heterocycles. The van der Waals surface area contributed by atoms with Crippen LogP contribution in [0.1, 0.15) is 17.8 Å². The van der Waals surface area contributed by atoms with Gasteiger partial charge in [-0.1, -0.05) is 12.1 Å². The molecular weight excluding hydrogens is 270 g/mol. The van der Waals surface area contributed by atoms with Gasteiger partial charge in [0.05, 0.1) is 17.7 Å². The number of anilines is 1. The summed E-state index contributed by atoms with van der Waals surface area (Å²) in [5.41, 5.74) is 3.12. The van der Waals surface area contributed by atoms with Crippen LogP contribution in [0, 0.1) is 5.92 Å². The molecule has 1 atom stereocenters. The van der Waals surface area contributed by atoms with Crippen LogP contribution in [0.25, 0.3) is 0 Å². The van der Waals surface area contributed by atoms with Gasteiger partial charge in [0.2, 0.25) is 5.91 Å². The number of aryl methyl sites for hydroxylation is 1. The van der Waals surface area contributed by atoms with Crippen LogP contribution in [0.3, 0.4) is 0 Å². The molecule has 0 fully saturated rings. The highest BCUT2D eigenvalue weighted by atomic mass is 32.2. The van der Waals surface area contributed by atoms with E-state index in [2.05, 4.69) is 15.3 Å². The van der Waals surface area contributed by atoms with Crippen LogP contribution >= 0.6 is 11.8 Å². The number of fused-ring (bicyclic) bond motifs is 1. The first-order chi connectivity index (χ1) is 9.78. The molecule has 4 nitrogen and oxygen atoms in total. The lowest BCUT2D eigenvalue weighted by atomic mass is 9.89. The summed E-state index contributed by atoms with van der Waals surface area (Å²) in [6.45, 7) is 0. The Labute approximate surface area is 122 Å². The maximum atomic E-state index is 12.4. The summed E-state index contributed by atoms with van der Waals surface area (Å²) in [6, 6.07) is 7.91. The standard InChI is InChI=1S/C15H17N3OS/c1-20-14-5-3-2-4-12(14)18-15(19)10-6-7-11-13(8-10)17-9-16-11/h2-5,9-10H,6-8H2,1H3,(H,16,17)(H,18,19). The quantitative estimate of drug-likeness (QED) is 0.853. The molecule has 0 radical (unpaired) electrons. The number of rotatable bonds is 3. The molecule has 1 unspecified atom stereocenters. The summed E-state index contributed by atoms with van der Waals surface area (Å²) in [7, 11) is 0. The molecule has 20 heavy (non-hydrogen) atoms. The Morgan fingerprint density at radius 1 is 1.45 bits per heavy atom. The van der Waals surface area contributed by atoms with Crippen LogP contribution in [-0.2, 0) is 17.6 Å². The van der Waals surface area contributed by atoms with E-state index in [-0.39, 0.29) is 11.8 Å². The predicted octanol–water partition coefficient (Wildman–Crippen LogP) is 2.88. The topological polar surface area (TPSA) is 57.8 Å². The van der Waals surface area contributed by atoms with Crippen molar-refractivity contribution in [1.29, 1.82) is 0 Å². The monoisotopic (exact) mass is 287 g/mol. The van der Waals surface area contributed by atoms with Gasteiger partial charge in [0.25, 0.3) is 0 Å². The van der Waals surface area contributed by atoms with Gasteiger partial charge in [0.15, 0.2) is 0 Å². The summed E-state index contributed by atoms with van der Waals surface area (Å²) >= 11 is 1.64. The zero-order valence-electron chi connectivity index (χ0n) is 11.3. The number of nitrogens with one attached hydrogen (secondary N) is 2. The molecule has 1 amide bonds. The Hall–Kier alpha value is -1.75. The number of thioether (sulfide) groups is 1. The van der Waals surface area contributed by atoms with Crippen LogP contribution in [0.15, 0.2) is 35.5 Å². The highest BCUT2D eigenvalue weighted by Crippen LogP contribution is 2.27. The fourth-order valence-corrected chi connectivity index (χ4v) is 3.16. The Morgan fingerprint density at radius 3 is 3.15 bits per heavy atom. The van der Waals surface area contributed by atoms with E-state index in [1.807, 2.05) is 30.5 Å². The van der Waals surface area contributed by atoms with Gasteiger partial charge in [-0.25, -0.2) is 4.98 Å². The molecule has 2 aromatic rings. The molecule has 1 aromatic carbocycles. The molecule has 2 N–H and O–H groups in total. The van der Waals surface area contributed by atoms with Crippen molar-refractivity contribution >= 4 is 23.4 Å². The summed E-state index contributed by atoms with van der Waals surface area (Å²) in [5.74, 6) is 0.129. The van der Waals surface area contributed by atoms with E-state index in [9.17, 15) is 4.79 Å². The number of benzene rings is 1. The summed E-state index contributed by atoms with van der Waals surface area (Å²) in [6.07, 6.45) is 6.23. The van der Waals surface area contributed by atoms with Gasteiger partial charge in [0.1, 0.15) is 0 Å². The molecule has 5 heteroatoms. The lowest BCUT2D eigenvalue weighted by molar-refractivity contribution is -0.120. The first-order valence-corrected chi connectivity index (χ1v) is 7.95. The van der Waals surface area contributed by atoms with E-state index in [4.69, 9.17) is 0 Å². The molecule has 1 aromatic heterocycles. The number of imidazole rings is 1. The van der Waals surface area contributed by atoms with Crippen LogP contribution in [0.5, 0.6) is 0 Å². The van der Waals surface area contributed by atoms with Crippen LogP contribution in [0.2, 0.25) is 0 Å². The summed E-state index contributed by atoms with van der Waals surface area (Å²) < 4.78 is 0. The number of amides is 1. The lowest BCUT2D eigenvalue weighted by Gasteiger charge is -2.21. The van der Waals surface area contributed by atoms with Crippen molar-refractivity contribution in [2.75, 3.05) is 11.6 Å². The number of aromatic amines is 1. The number of nitrogens with zero attached hydrogens (tertiary/aromatic N) is 1. The number of carbonyl (C=O) groups excluding carboxylic acids is 1. The molecule has 0 bridgehead atoms. The average molecular weight is 287 g/mol. The van der Waals surface area contributed by atoms with Gasteiger partial charge in [-0.05, 0) is 31.2 Å². The van der Waals surface area contributed by atoms with Gasteiger partial charge in [-0.2, -0.15) is 0 Å². The van der Waals surface area contributed by atoms with Crippen molar-refractivity contribution in [2.24, 2.45) is 5.92 Å². The molecule has 1 aliphatic rings. The first kappa shape index (κ1) is 13.2. The SMILES string of the molecule is CSc1ccccc1NC(=O)C1CCc2nc[nH]c2C1. The third-order valence-corrected chi connectivity index (χ3v) is 4.52. The maximum absolute atomic E-state index is 12.4. The maximum Gasteiger partial charge on any atom is 0.227 e. The van der Waals surface area contributed by atoms with Crippen LogP contribution < -0.4 is 5.32 Å². The zero-order chi connectivity index (χ0) is 13.9. The fourth-order valence-electron chi connectivity index (χ4n) is 2.61. The van der Waals surface area contributed by atoms with Gasteiger partial charge in [-0.15, -0.1) is 11.8 Å². The Kier molecular flexibility index (Phi) is 3.78. The van der Waals surface area contributed by atoms with Crippen molar-refractivity contribution in [3.63, 3.8) is 0 Å². The van der Waals surface area contributed by atoms with E-state index in [1.54, 1.807) is 18.1 Å². The molecular formula is C15H17N3OS. The van der Waals surface area contributed by atoms with Crippen molar-refractivity contribution in [3.8, 4) is 0 Å². The molecule has 0 saturated heterocycles. The van der Waals surface area contributed by atoms with Gasteiger partial charge >= 0.3 is 0 Å². The zero-order valence-corrected chi connectivity index (χ0v) is 12.2. The predicted molar refractivity (Wildman–Crippen MR) is 81.0 cm³/mol. The number of H-pyrrole nitrogens is 1. The van der Waals surface area contributed by atoms with E-state index in [0.717, 1.165) is 41.2 Å². The minimum Gasteiger partial charge on any atom is -0.348 e. The lowest BCUT2D eigenvalue weighted by Crippen LogP contribution is -2.28. The molecule has 0 aliphatic heterocycles. The fraction of sp³-hybridized carbons (Fsp3) is 0.333. The van der Waals surface area contributed by atoms with E-state index in [1.165, 1.54) is 0 Å². The molecule has 104 valence electrons. The van der Waals surface area contributed by atoms with E-state index in [0.29, 0.717) is 0 Å². The summed E-state index contributed by atoms with van der Waals surface area (Å²) in [5, 5.41) is 3.06. The molecule has 1 aliphatic carbocycles. The normalized spacial score (nSPS) is 17.6. The first-order valence-electron chi connectivity index (χ1n) is 6.73. The largest absolute Gasteiger partial charge is 0.348 e. The number of hydrogen-bond donors (Lipinski definition) is 2. The third kappa shape index (κ3) is 2.58. The van der Waals surface area contributed by atoms with Gasteiger partial charge in [0, 0.05) is 22.9 Å². The third-order valence-electron chi connectivity index (χ3n) is 3.72. The molecule has 0 saturated carbocycles. The van der Waals surface area contributed by atoms with Crippen molar-refractivity contribution < 1.29 is 4.79 Å².